The van der Waals surface area contributed by atoms with E-state index in [0.29, 0.717) is 0 Å². The fourth-order valence-electron chi connectivity index (χ4n) is 2.91. The maximum atomic E-state index is 13.4. The third kappa shape index (κ3) is 1.69. The Hall–Kier alpha value is -1.83. The molecule has 0 radical (unpaired) electrons. The lowest BCUT2D eigenvalue weighted by atomic mass is 9.91. The van der Waals surface area contributed by atoms with Gasteiger partial charge in [0.2, 0.25) is 0 Å². The molecule has 18 heavy (non-hydrogen) atoms. The molecule has 1 nitrogen and oxygen atoms in total. The van der Waals surface area contributed by atoms with Crippen molar-refractivity contribution >= 4 is 5.69 Å². The third-order valence-corrected chi connectivity index (χ3v) is 3.63. The predicted molar refractivity (Wildman–Crippen MR) is 73.5 cm³/mol. The standard InChI is InChI=1S/C16H16FN/c1-10-8-12(17)9-11(2)16(10)14-4-3-5-15-13(14)6-7-18-15/h3-5,8-9,18H,6-7H2,1-2H3. The SMILES string of the molecule is Cc1cc(F)cc(C)c1-c1cccc2c1CCN2. The van der Waals surface area contributed by atoms with Gasteiger partial charge in [-0.25, -0.2) is 4.39 Å². The lowest BCUT2D eigenvalue weighted by Crippen LogP contribution is -1.94. The van der Waals surface area contributed by atoms with Gasteiger partial charge in [0.15, 0.2) is 0 Å². The zero-order valence-electron chi connectivity index (χ0n) is 10.7. The van der Waals surface area contributed by atoms with Crippen molar-refractivity contribution in [3.63, 3.8) is 0 Å². The van der Waals surface area contributed by atoms with Crippen LogP contribution in [0, 0.1) is 19.7 Å². The minimum Gasteiger partial charge on any atom is -0.384 e. The van der Waals surface area contributed by atoms with Crippen molar-refractivity contribution in [2.45, 2.75) is 20.3 Å². The Morgan fingerprint density at radius 3 is 2.56 bits per heavy atom. The van der Waals surface area contributed by atoms with Crippen molar-refractivity contribution < 1.29 is 4.39 Å². The second-order valence-electron chi connectivity index (χ2n) is 4.92. The predicted octanol–water partition coefficient (Wildman–Crippen LogP) is 4.08. The summed E-state index contributed by atoms with van der Waals surface area (Å²) in [5, 5.41) is 3.39. The number of anilines is 1. The number of hydrogen-bond acceptors (Lipinski definition) is 1. The molecule has 0 amide bonds. The first-order valence-electron chi connectivity index (χ1n) is 6.29. The van der Waals surface area contributed by atoms with Crippen molar-refractivity contribution in [1.29, 1.82) is 0 Å². The van der Waals surface area contributed by atoms with Crippen molar-refractivity contribution in [3.8, 4) is 11.1 Å². The molecule has 0 aromatic heterocycles. The molecular formula is C16H16FN. The van der Waals surface area contributed by atoms with E-state index in [-0.39, 0.29) is 5.82 Å². The summed E-state index contributed by atoms with van der Waals surface area (Å²) in [4.78, 5) is 0. The zero-order valence-corrected chi connectivity index (χ0v) is 10.7. The highest BCUT2D eigenvalue weighted by Gasteiger charge is 2.17. The molecule has 0 saturated carbocycles. The molecule has 0 atom stereocenters. The van der Waals surface area contributed by atoms with E-state index < -0.39 is 0 Å². The molecule has 1 heterocycles. The smallest absolute Gasteiger partial charge is 0.123 e. The van der Waals surface area contributed by atoms with E-state index in [1.807, 2.05) is 13.8 Å². The largest absolute Gasteiger partial charge is 0.384 e. The molecule has 1 N–H and O–H groups in total. The minimum absolute atomic E-state index is 0.153. The quantitative estimate of drug-likeness (QED) is 0.793. The molecule has 0 bridgehead atoms. The molecule has 0 saturated heterocycles. The van der Waals surface area contributed by atoms with Crippen LogP contribution >= 0.6 is 0 Å². The van der Waals surface area contributed by atoms with Crippen LogP contribution in [0.1, 0.15) is 16.7 Å². The van der Waals surface area contributed by atoms with Gasteiger partial charge in [-0.05, 0) is 66.3 Å². The fourth-order valence-corrected chi connectivity index (χ4v) is 2.91. The van der Waals surface area contributed by atoms with Crippen molar-refractivity contribution in [1.82, 2.24) is 0 Å². The first-order chi connectivity index (χ1) is 8.66. The number of rotatable bonds is 1. The molecule has 0 aliphatic carbocycles. The van der Waals surface area contributed by atoms with Gasteiger partial charge in [-0.2, -0.15) is 0 Å². The summed E-state index contributed by atoms with van der Waals surface area (Å²) in [5.41, 5.74) is 7.01. The van der Waals surface area contributed by atoms with Crippen LogP contribution in [0.25, 0.3) is 11.1 Å². The van der Waals surface area contributed by atoms with Crippen LogP contribution < -0.4 is 5.32 Å². The Morgan fingerprint density at radius 1 is 1.11 bits per heavy atom. The van der Waals surface area contributed by atoms with Gasteiger partial charge in [0.1, 0.15) is 5.82 Å². The van der Waals surface area contributed by atoms with Gasteiger partial charge in [0.25, 0.3) is 0 Å². The average molecular weight is 241 g/mol. The zero-order chi connectivity index (χ0) is 12.7. The third-order valence-electron chi connectivity index (χ3n) is 3.63. The number of nitrogens with one attached hydrogen (secondary N) is 1. The first-order valence-corrected chi connectivity index (χ1v) is 6.29. The van der Waals surface area contributed by atoms with Gasteiger partial charge in [-0.1, -0.05) is 12.1 Å². The Morgan fingerprint density at radius 2 is 1.83 bits per heavy atom. The molecule has 0 unspecified atom stereocenters. The average Bonchev–Trinajstić information content (AvgIpc) is 2.76. The maximum absolute atomic E-state index is 13.4. The van der Waals surface area contributed by atoms with Crippen molar-refractivity contribution in [2.24, 2.45) is 0 Å². The second kappa shape index (κ2) is 4.13. The topological polar surface area (TPSA) is 12.0 Å². The van der Waals surface area contributed by atoms with E-state index >= 15 is 0 Å². The molecular weight excluding hydrogens is 225 g/mol. The number of fused-ring (bicyclic) bond motifs is 1. The fraction of sp³-hybridized carbons (Fsp3) is 0.250. The molecule has 2 aromatic rings. The van der Waals surface area contributed by atoms with Crippen molar-refractivity contribution in [2.75, 3.05) is 11.9 Å². The summed E-state index contributed by atoms with van der Waals surface area (Å²) in [6, 6.07) is 9.54. The summed E-state index contributed by atoms with van der Waals surface area (Å²) in [7, 11) is 0. The van der Waals surface area contributed by atoms with Crippen LogP contribution in [0.4, 0.5) is 10.1 Å². The van der Waals surface area contributed by atoms with E-state index in [0.717, 1.165) is 24.1 Å². The van der Waals surface area contributed by atoms with Gasteiger partial charge in [-0.3, -0.25) is 0 Å². The highest BCUT2D eigenvalue weighted by atomic mass is 19.1. The van der Waals surface area contributed by atoms with E-state index in [9.17, 15) is 4.39 Å². The molecule has 2 aromatic carbocycles. The second-order valence-corrected chi connectivity index (χ2v) is 4.92. The van der Waals surface area contributed by atoms with Gasteiger partial charge in [-0.15, -0.1) is 0 Å². The molecule has 92 valence electrons. The summed E-state index contributed by atoms with van der Waals surface area (Å²) < 4.78 is 13.4. The normalized spacial score (nSPS) is 13.3. The lowest BCUT2D eigenvalue weighted by molar-refractivity contribution is 0.625. The van der Waals surface area contributed by atoms with E-state index in [1.165, 1.54) is 22.4 Å². The van der Waals surface area contributed by atoms with Gasteiger partial charge in [0, 0.05) is 12.2 Å². The molecule has 1 aliphatic rings. The monoisotopic (exact) mass is 241 g/mol. The van der Waals surface area contributed by atoms with Crippen LogP contribution in [0.3, 0.4) is 0 Å². The Labute approximate surface area is 107 Å². The van der Waals surface area contributed by atoms with Gasteiger partial charge >= 0.3 is 0 Å². The molecule has 1 aliphatic heterocycles. The summed E-state index contributed by atoms with van der Waals surface area (Å²) in [6.07, 6.45) is 1.04. The van der Waals surface area contributed by atoms with Crippen LogP contribution in [0.15, 0.2) is 30.3 Å². The highest BCUT2D eigenvalue weighted by molar-refractivity contribution is 5.79. The van der Waals surface area contributed by atoms with E-state index in [2.05, 4.69) is 23.5 Å². The number of benzene rings is 2. The lowest BCUT2D eigenvalue weighted by Gasteiger charge is -2.14. The van der Waals surface area contributed by atoms with Crippen LogP contribution in [-0.2, 0) is 6.42 Å². The highest BCUT2D eigenvalue weighted by Crippen LogP contribution is 2.36. The Kier molecular flexibility index (Phi) is 2.58. The van der Waals surface area contributed by atoms with Crippen LogP contribution in [-0.4, -0.2) is 6.54 Å². The summed E-state index contributed by atoms with van der Waals surface area (Å²) >= 11 is 0. The molecule has 3 rings (SSSR count). The number of hydrogen-bond donors (Lipinski definition) is 1. The molecule has 0 fully saturated rings. The molecule has 0 spiro atoms. The number of halogens is 1. The summed E-state index contributed by atoms with van der Waals surface area (Å²) in [6.45, 7) is 4.95. The number of aryl methyl sites for hydroxylation is 2. The Balaban J connectivity index is 2.25. The Bertz CT molecular complexity index is 593. The van der Waals surface area contributed by atoms with Crippen molar-refractivity contribution in [3.05, 3.63) is 52.8 Å². The first kappa shape index (κ1) is 11.3. The van der Waals surface area contributed by atoms with Crippen LogP contribution in [0.5, 0.6) is 0 Å². The van der Waals surface area contributed by atoms with Crippen LogP contribution in [0.2, 0.25) is 0 Å². The van der Waals surface area contributed by atoms with E-state index in [1.54, 1.807) is 12.1 Å². The van der Waals surface area contributed by atoms with E-state index in [4.69, 9.17) is 0 Å². The molecule has 2 heteroatoms. The minimum atomic E-state index is -0.153. The maximum Gasteiger partial charge on any atom is 0.123 e. The van der Waals surface area contributed by atoms with Gasteiger partial charge in [0.05, 0.1) is 0 Å². The summed E-state index contributed by atoms with van der Waals surface area (Å²) in [5.74, 6) is -0.153. The van der Waals surface area contributed by atoms with Gasteiger partial charge < -0.3 is 5.32 Å².